The summed E-state index contributed by atoms with van der Waals surface area (Å²) in [5.74, 6) is 0.973. The first-order chi connectivity index (χ1) is 12.1. The van der Waals surface area contributed by atoms with Crippen molar-refractivity contribution >= 4 is 17.8 Å². The fourth-order valence-electron chi connectivity index (χ4n) is 2.80. The quantitative estimate of drug-likeness (QED) is 0.551. The van der Waals surface area contributed by atoms with E-state index in [1.165, 1.54) is 6.08 Å². The molecule has 0 amide bonds. The Morgan fingerprint density at radius 2 is 1.80 bits per heavy atom. The number of phenolic OH excluding ortho intramolecular Hbond substituents is 1. The summed E-state index contributed by atoms with van der Waals surface area (Å²) in [7, 11) is 1.86. The molecule has 2 aromatic carbocycles. The van der Waals surface area contributed by atoms with Gasteiger partial charge in [-0.2, -0.15) is 5.10 Å². The summed E-state index contributed by atoms with van der Waals surface area (Å²) in [4.78, 5) is 11.1. The van der Waals surface area contributed by atoms with Crippen LogP contribution in [0, 0.1) is 6.92 Å². The number of allylic oxidation sites excluding steroid dienone is 1. The maximum absolute atomic E-state index is 11.1. The highest BCUT2D eigenvalue weighted by molar-refractivity contribution is 5.90. The molecule has 1 aromatic heterocycles. The van der Waals surface area contributed by atoms with Crippen molar-refractivity contribution in [2.24, 2.45) is 7.05 Å². The molecule has 0 aliphatic heterocycles. The second-order valence-electron chi connectivity index (χ2n) is 5.69. The fourth-order valence-corrected chi connectivity index (χ4v) is 2.80. The van der Waals surface area contributed by atoms with Gasteiger partial charge in [-0.05, 0) is 42.3 Å². The lowest BCUT2D eigenvalue weighted by atomic mass is 10.1. The molecular weight excluding hydrogens is 314 g/mol. The third kappa shape index (κ3) is 3.45. The molecule has 0 atom stereocenters. The highest BCUT2D eigenvalue weighted by atomic mass is 16.3. The molecule has 0 bridgehead atoms. The van der Waals surface area contributed by atoms with Gasteiger partial charge in [-0.15, -0.1) is 0 Å². The van der Waals surface area contributed by atoms with E-state index in [9.17, 15) is 9.90 Å². The minimum absolute atomic E-state index is 0.176. The maximum atomic E-state index is 11.1. The van der Waals surface area contributed by atoms with Gasteiger partial charge in [0.05, 0.1) is 11.4 Å². The van der Waals surface area contributed by atoms with Gasteiger partial charge in [-0.1, -0.05) is 30.3 Å². The number of carbonyl (C=O) groups is 1. The monoisotopic (exact) mass is 333 g/mol. The molecule has 2 N–H and O–H groups in total. The minimum atomic E-state index is 0.176. The Kier molecular flexibility index (Phi) is 4.66. The number of aryl methyl sites for hydroxylation is 2. The zero-order chi connectivity index (χ0) is 17.8. The zero-order valence-electron chi connectivity index (χ0n) is 14.1. The number of benzene rings is 2. The summed E-state index contributed by atoms with van der Waals surface area (Å²) in [6.45, 7) is 1.96. The molecule has 5 nitrogen and oxygen atoms in total. The SMILES string of the molecule is Cc1nn(C)c(N/C(=C\C=O)c2ccc(O)cc2)c1-c1ccccc1. The van der Waals surface area contributed by atoms with Gasteiger partial charge in [0.25, 0.3) is 0 Å². The number of aromatic nitrogens is 2. The van der Waals surface area contributed by atoms with Gasteiger partial charge in [0, 0.05) is 18.7 Å². The summed E-state index contributed by atoms with van der Waals surface area (Å²) in [6, 6.07) is 16.7. The largest absolute Gasteiger partial charge is 0.508 e. The Bertz CT molecular complexity index is 910. The number of anilines is 1. The number of aromatic hydroxyl groups is 1. The number of carbonyl (C=O) groups excluding carboxylic acids is 1. The predicted octanol–water partition coefficient (Wildman–Crippen LogP) is 3.75. The van der Waals surface area contributed by atoms with Crippen LogP contribution in [0.5, 0.6) is 5.75 Å². The van der Waals surface area contributed by atoms with Gasteiger partial charge < -0.3 is 10.4 Å². The van der Waals surface area contributed by atoms with Crippen LogP contribution in [0.1, 0.15) is 11.3 Å². The number of aldehydes is 1. The van der Waals surface area contributed by atoms with Crippen molar-refractivity contribution in [3.8, 4) is 16.9 Å². The van der Waals surface area contributed by atoms with Crippen molar-refractivity contribution in [1.82, 2.24) is 9.78 Å². The Morgan fingerprint density at radius 1 is 1.12 bits per heavy atom. The van der Waals surface area contributed by atoms with Crippen molar-refractivity contribution < 1.29 is 9.90 Å². The smallest absolute Gasteiger partial charge is 0.144 e. The summed E-state index contributed by atoms with van der Waals surface area (Å²) in [5.41, 5.74) is 4.36. The lowest BCUT2D eigenvalue weighted by molar-refractivity contribution is -0.104. The van der Waals surface area contributed by atoms with Gasteiger partial charge in [0.2, 0.25) is 0 Å². The molecule has 0 saturated heterocycles. The Labute approximate surface area is 146 Å². The average Bonchev–Trinajstić information content (AvgIpc) is 2.89. The molecule has 3 aromatic rings. The van der Waals surface area contributed by atoms with E-state index < -0.39 is 0 Å². The van der Waals surface area contributed by atoms with E-state index in [-0.39, 0.29) is 5.75 Å². The average molecular weight is 333 g/mol. The summed E-state index contributed by atoms with van der Waals surface area (Å²) in [5, 5.41) is 17.3. The number of nitrogens with zero attached hydrogens (tertiary/aromatic N) is 2. The van der Waals surface area contributed by atoms with E-state index in [4.69, 9.17) is 0 Å². The molecule has 3 rings (SSSR count). The molecule has 5 heteroatoms. The number of phenols is 1. The van der Waals surface area contributed by atoms with Crippen molar-refractivity contribution in [3.05, 3.63) is 71.9 Å². The van der Waals surface area contributed by atoms with Crippen molar-refractivity contribution in [2.45, 2.75) is 6.92 Å². The molecule has 1 heterocycles. The maximum Gasteiger partial charge on any atom is 0.144 e. The Balaban J connectivity index is 2.05. The Hall–Kier alpha value is -3.34. The number of rotatable bonds is 5. The molecule has 25 heavy (non-hydrogen) atoms. The molecule has 0 saturated carbocycles. The van der Waals surface area contributed by atoms with Crippen LogP contribution in [0.2, 0.25) is 0 Å². The van der Waals surface area contributed by atoms with Crippen LogP contribution in [-0.2, 0) is 11.8 Å². The lowest BCUT2D eigenvalue weighted by Crippen LogP contribution is -2.05. The first kappa shape index (κ1) is 16.5. The van der Waals surface area contributed by atoms with Crippen LogP contribution < -0.4 is 5.32 Å². The van der Waals surface area contributed by atoms with E-state index in [0.717, 1.165) is 34.5 Å². The van der Waals surface area contributed by atoms with Crippen molar-refractivity contribution in [1.29, 1.82) is 0 Å². The molecule has 126 valence electrons. The standard InChI is InChI=1S/C20H19N3O2/c1-14-19(16-6-4-3-5-7-16)20(23(2)22-14)21-18(12-13-24)15-8-10-17(25)11-9-15/h3-13,21,25H,1-2H3/b18-12-. The highest BCUT2D eigenvalue weighted by Gasteiger charge is 2.16. The second kappa shape index (κ2) is 7.05. The summed E-state index contributed by atoms with van der Waals surface area (Å²) in [6.07, 6.45) is 2.20. The van der Waals surface area contributed by atoms with Gasteiger partial charge in [0.15, 0.2) is 0 Å². The Morgan fingerprint density at radius 3 is 2.44 bits per heavy atom. The van der Waals surface area contributed by atoms with E-state index >= 15 is 0 Å². The van der Waals surface area contributed by atoms with Gasteiger partial charge in [0.1, 0.15) is 17.9 Å². The van der Waals surface area contributed by atoms with Crippen LogP contribution in [0.15, 0.2) is 60.7 Å². The normalized spacial score (nSPS) is 11.4. The predicted molar refractivity (Wildman–Crippen MR) is 99.2 cm³/mol. The van der Waals surface area contributed by atoms with E-state index in [1.807, 2.05) is 44.3 Å². The number of nitrogens with one attached hydrogen (secondary N) is 1. The van der Waals surface area contributed by atoms with Crippen molar-refractivity contribution in [3.63, 3.8) is 0 Å². The van der Waals surface area contributed by atoms with Crippen LogP contribution in [0.25, 0.3) is 16.8 Å². The minimum Gasteiger partial charge on any atom is -0.508 e. The van der Waals surface area contributed by atoms with E-state index in [0.29, 0.717) is 5.70 Å². The summed E-state index contributed by atoms with van der Waals surface area (Å²) >= 11 is 0. The first-order valence-electron chi connectivity index (χ1n) is 7.91. The van der Waals surface area contributed by atoms with Crippen molar-refractivity contribution in [2.75, 3.05) is 5.32 Å². The van der Waals surface area contributed by atoms with Crippen LogP contribution in [0.3, 0.4) is 0 Å². The zero-order valence-corrected chi connectivity index (χ0v) is 14.1. The number of hydrogen-bond donors (Lipinski definition) is 2. The molecular formula is C20H19N3O2. The fraction of sp³-hybridized carbons (Fsp3) is 0.100. The highest BCUT2D eigenvalue weighted by Crippen LogP contribution is 2.33. The molecule has 0 spiro atoms. The lowest BCUT2D eigenvalue weighted by Gasteiger charge is -2.13. The molecule has 0 radical (unpaired) electrons. The third-order valence-corrected chi connectivity index (χ3v) is 3.95. The molecule has 0 aliphatic rings. The third-order valence-electron chi connectivity index (χ3n) is 3.95. The number of hydrogen-bond acceptors (Lipinski definition) is 4. The second-order valence-corrected chi connectivity index (χ2v) is 5.69. The van der Waals surface area contributed by atoms with Crippen LogP contribution >= 0.6 is 0 Å². The van der Waals surface area contributed by atoms with E-state index in [1.54, 1.807) is 28.9 Å². The van der Waals surface area contributed by atoms with Crippen LogP contribution in [0.4, 0.5) is 5.82 Å². The van der Waals surface area contributed by atoms with Crippen LogP contribution in [-0.4, -0.2) is 21.2 Å². The molecule has 0 aliphatic carbocycles. The first-order valence-corrected chi connectivity index (χ1v) is 7.91. The van der Waals surface area contributed by atoms with E-state index in [2.05, 4.69) is 10.4 Å². The summed E-state index contributed by atoms with van der Waals surface area (Å²) < 4.78 is 1.76. The topological polar surface area (TPSA) is 67.2 Å². The molecule has 0 unspecified atom stereocenters. The van der Waals surface area contributed by atoms with Gasteiger partial charge in [-0.25, -0.2) is 0 Å². The molecule has 0 fully saturated rings. The van der Waals surface area contributed by atoms with Gasteiger partial charge in [-0.3, -0.25) is 9.48 Å². The van der Waals surface area contributed by atoms with Gasteiger partial charge >= 0.3 is 0 Å².